The Labute approximate surface area is 101 Å². The summed E-state index contributed by atoms with van der Waals surface area (Å²) in [5.41, 5.74) is 10.1. The van der Waals surface area contributed by atoms with Crippen LogP contribution in [0.1, 0.15) is 12.5 Å². The third-order valence-electron chi connectivity index (χ3n) is 2.42. The average molecular weight is 281 g/mol. The van der Waals surface area contributed by atoms with Crippen LogP contribution in [0, 0.1) is 5.92 Å². The van der Waals surface area contributed by atoms with Gasteiger partial charge in [0.1, 0.15) is 0 Å². The van der Waals surface area contributed by atoms with E-state index in [-0.39, 0.29) is 5.92 Å². The lowest BCUT2D eigenvalue weighted by molar-refractivity contribution is 0.0710. The second-order valence-corrected chi connectivity index (χ2v) is 4.39. The van der Waals surface area contributed by atoms with Gasteiger partial charge >= 0.3 is 0 Å². The van der Waals surface area contributed by atoms with Gasteiger partial charge in [-0.05, 0) is 28.3 Å². The maximum atomic E-state index is 8.36. The summed E-state index contributed by atoms with van der Waals surface area (Å²) in [4.78, 5) is 7.79. The second kappa shape index (κ2) is 4.55. The summed E-state index contributed by atoms with van der Waals surface area (Å²) < 4.78 is 1.01. The van der Waals surface area contributed by atoms with Crippen LogP contribution >= 0.6 is 15.9 Å². The van der Waals surface area contributed by atoms with Gasteiger partial charge in [0.15, 0.2) is 0 Å². The van der Waals surface area contributed by atoms with Crippen molar-refractivity contribution in [2.24, 2.45) is 16.2 Å². The third-order valence-corrected chi connectivity index (χ3v) is 2.95. The first-order valence-corrected chi connectivity index (χ1v) is 5.55. The van der Waals surface area contributed by atoms with Crippen LogP contribution in [-0.2, 0) is 4.84 Å². The Morgan fingerprint density at radius 2 is 2.12 bits per heavy atom. The Morgan fingerprint density at radius 3 is 2.75 bits per heavy atom. The van der Waals surface area contributed by atoms with Gasteiger partial charge in [0, 0.05) is 15.3 Å². The summed E-state index contributed by atoms with van der Waals surface area (Å²) in [6, 6.07) is 7.76. The second-order valence-electron chi connectivity index (χ2n) is 3.47. The summed E-state index contributed by atoms with van der Waals surface area (Å²) in [6.07, 6.45) is -0.538. The predicted molar refractivity (Wildman–Crippen MR) is 63.9 cm³/mol. The summed E-state index contributed by atoms with van der Waals surface area (Å²) in [5, 5.41) is 7.49. The molecule has 0 bridgehead atoms. The molecular formula is C10H9BrN4O. The molecule has 0 amide bonds. The van der Waals surface area contributed by atoms with Gasteiger partial charge in [-0.1, -0.05) is 40.1 Å². The smallest absolute Gasteiger partial charge is 0.214 e. The topological polar surface area (TPSA) is 70.4 Å². The zero-order valence-corrected chi connectivity index (χ0v) is 10.1. The van der Waals surface area contributed by atoms with Crippen molar-refractivity contribution >= 4 is 21.6 Å². The number of rotatable bonds is 2. The van der Waals surface area contributed by atoms with Gasteiger partial charge in [-0.2, -0.15) is 0 Å². The number of hydrogen-bond donors (Lipinski definition) is 0. The molecule has 0 N–H and O–H groups in total. The molecule has 2 atom stereocenters. The molecule has 0 saturated heterocycles. The Bertz CT molecular complexity index is 464. The maximum absolute atomic E-state index is 8.36. The molecule has 5 nitrogen and oxygen atoms in total. The maximum Gasteiger partial charge on any atom is 0.214 e. The van der Waals surface area contributed by atoms with E-state index in [1.807, 2.05) is 31.2 Å². The highest BCUT2D eigenvalue weighted by Gasteiger charge is 2.30. The molecule has 6 heteroatoms. The highest BCUT2D eigenvalue weighted by atomic mass is 79.9. The Balaban J connectivity index is 2.24. The van der Waals surface area contributed by atoms with E-state index in [1.165, 1.54) is 0 Å². The minimum absolute atomic E-state index is 0.0305. The fourth-order valence-corrected chi connectivity index (χ4v) is 1.79. The van der Waals surface area contributed by atoms with E-state index in [0.717, 1.165) is 15.7 Å². The van der Waals surface area contributed by atoms with E-state index in [1.54, 1.807) is 0 Å². The normalized spacial score (nSPS) is 23.2. The molecule has 1 aromatic carbocycles. The molecule has 82 valence electrons. The van der Waals surface area contributed by atoms with Gasteiger partial charge in [-0.25, -0.2) is 0 Å². The van der Waals surface area contributed by atoms with E-state index >= 15 is 0 Å². The minimum atomic E-state index is -0.538. The van der Waals surface area contributed by atoms with Gasteiger partial charge in [0.2, 0.25) is 6.23 Å². The Morgan fingerprint density at radius 1 is 1.44 bits per heavy atom. The summed E-state index contributed by atoms with van der Waals surface area (Å²) in [6.45, 7) is 1.92. The molecule has 0 aliphatic carbocycles. The molecule has 1 aliphatic rings. The molecule has 0 spiro atoms. The molecule has 0 saturated carbocycles. The SMILES string of the molecule is CC1C(c2ccc(Br)cc2)=NOC1N=[N+]=[N-]. The standard InChI is InChI=1S/C10H9BrN4O/c1-6-9(14-16-10(6)13-15-12)7-2-4-8(11)5-3-7/h2-6,10H,1H3. The van der Waals surface area contributed by atoms with Crippen molar-refractivity contribution in [3.05, 3.63) is 44.7 Å². The van der Waals surface area contributed by atoms with Gasteiger partial charge < -0.3 is 4.84 Å². The summed E-state index contributed by atoms with van der Waals surface area (Å²) in [5.74, 6) is -0.0305. The van der Waals surface area contributed by atoms with Crippen LogP contribution in [0.15, 0.2) is 39.0 Å². The van der Waals surface area contributed by atoms with Crippen molar-refractivity contribution in [2.75, 3.05) is 0 Å². The number of nitrogens with zero attached hydrogens (tertiary/aromatic N) is 4. The zero-order chi connectivity index (χ0) is 11.5. The van der Waals surface area contributed by atoms with E-state index in [9.17, 15) is 0 Å². The van der Waals surface area contributed by atoms with Crippen LogP contribution in [0.5, 0.6) is 0 Å². The van der Waals surface area contributed by atoms with Gasteiger partial charge in [0.25, 0.3) is 0 Å². The fourth-order valence-electron chi connectivity index (χ4n) is 1.53. The molecule has 0 fully saturated rings. The van der Waals surface area contributed by atoms with Crippen LogP contribution in [0.4, 0.5) is 0 Å². The Hall–Kier alpha value is -1.52. The monoisotopic (exact) mass is 280 g/mol. The molecule has 0 aromatic heterocycles. The average Bonchev–Trinajstić information content (AvgIpc) is 2.63. The number of halogens is 1. The molecule has 1 heterocycles. The van der Waals surface area contributed by atoms with Crippen molar-refractivity contribution < 1.29 is 4.84 Å². The van der Waals surface area contributed by atoms with Gasteiger partial charge in [0.05, 0.1) is 5.71 Å². The quantitative estimate of drug-likeness (QED) is 0.465. The minimum Gasteiger partial charge on any atom is -0.385 e. The molecule has 1 aromatic rings. The largest absolute Gasteiger partial charge is 0.385 e. The van der Waals surface area contributed by atoms with Crippen LogP contribution in [0.25, 0.3) is 10.4 Å². The molecule has 16 heavy (non-hydrogen) atoms. The zero-order valence-electron chi connectivity index (χ0n) is 8.54. The molecular weight excluding hydrogens is 272 g/mol. The Kier molecular flexibility index (Phi) is 3.12. The first-order chi connectivity index (χ1) is 7.72. The third kappa shape index (κ3) is 2.03. The first-order valence-electron chi connectivity index (χ1n) is 4.76. The number of oxime groups is 1. The lowest BCUT2D eigenvalue weighted by Gasteiger charge is -2.08. The molecule has 2 rings (SSSR count). The van der Waals surface area contributed by atoms with E-state index in [4.69, 9.17) is 10.4 Å². The van der Waals surface area contributed by atoms with Gasteiger partial charge in [-0.3, -0.25) is 0 Å². The van der Waals surface area contributed by atoms with Crippen LogP contribution in [0.3, 0.4) is 0 Å². The van der Waals surface area contributed by atoms with Crippen LogP contribution < -0.4 is 0 Å². The van der Waals surface area contributed by atoms with Crippen molar-refractivity contribution in [3.8, 4) is 0 Å². The molecule has 0 radical (unpaired) electrons. The summed E-state index contributed by atoms with van der Waals surface area (Å²) >= 11 is 3.37. The van der Waals surface area contributed by atoms with Crippen LogP contribution in [0.2, 0.25) is 0 Å². The van der Waals surface area contributed by atoms with Crippen LogP contribution in [-0.4, -0.2) is 11.9 Å². The first kappa shape index (κ1) is 11.0. The fraction of sp³-hybridized carbons (Fsp3) is 0.300. The molecule has 1 aliphatic heterocycles. The number of benzene rings is 1. The van der Waals surface area contributed by atoms with E-state index < -0.39 is 6.23 Å². The predicted octanol–water partition coefficient (Wildman–Crippen LogP) is 3.46. The summed E-state index contributed by atoms with van der Waals surface area (Å²) in [7, 11) is 0. The molecule has 2 unspecified atom stereocenters. The highest BCUT2D eigenvalue weighted by Crippen LogP contribution is 2.24. The van der Waals surface area contributed by atoms with Crippen molar-refractivity contribution in [2.45, 2.75) is 13.2 Å². The van der Waals surface area contributed by atoms with Crippen molar-refractivity contribution in [3.63, 3.8) is 0 Å². The number of azide groups is 1. The van der Waals surface area contributed by atoms with Crippen molar-refractivity contribution in [1.29, 1.82) is 0 Å². The van der Waals surface area contributed by atoms with E-state index in [2.05, 4.69) is 31.1 Å². The lowest BCUT2D eigenvalue weighted by atomic mass is 9.98. The van der Waals surface area contributed by atoms with Gasteiger partial charge in [-0.15, -0.1) is 0 Å². The number of hydrogen-bond acceptors (Lipinski definition) is 3. The van der Waals surface area contributed by atoms with E-state index in [0.29, 0.717) is 0 Å². The van der Waals surface area contributed by atoms with Crippen molar-refractivity contribution in [1.82, 2.24) is 0 Å². The highest BCUT2D eigenvalue weighted by molar-refractivity contribution is 9.10. The lowest BCUT2D eigenvalue weighted by Crippen LogP contribution is -2.18.